The number of fused-ring (bicyclic) bond motifs is 1. The van der Waals surface area contributed by atoms with Gasteiger partial charge in [-0.2, -0.15) is 9.97 Å². The van der Waals surface area contributed by atoms with Gasteiger partial charge in [0.1, 0.15) is 0 Å². The smallest absolute Gasteiger partial charge is 0.269 e. The lowest BCUT2D eigenvalue weighted by molar-refractivity contribution is -0.384. The number of ether oxygens (including phenoxy) is 1. The fourth-order valence-corrected chi connectivity index (χ4v) is 3.03. The van der Waals surface area contributed by atoms with Gasteiger partial charge in [-0.25, -0.2) is 4.98 Å². The predicted octanol–water partition coefficient (Wildman–Crippen LogP) is 3.63. The molecule has 1 aromatic carbocycles. The van der Waals surface area contributed by atoms with E-state index in [1.165, 1.54) is 12.1 Å². The third kappa shape index (κ3) is 4.57. The second-order valence-electron chi connectivity index (χ2n) is 6.44. The van der Waals surface area contributed by atoms with Gasteiger partial charge in [-0.3, -0.25) is 10.1 Å². The molecule has 0 bridgehead atoms. The van der Waals surface area contributed by atoms with Crippen molar-refractivity contribution in [3.8, 4) is 5.88 Å². The Hall–Kier alpha value is -3.75. The highest BCUT2D eigenvalue weighted by Crippen LogP contribution is 2.27. The van der Waals surface area contributed by atoms with E-state index < -0.39 is 4.92 Å². The molecule has 0 unspecified atom stereocenters. The second kappa shape index (κ2) is 8.96. The number of hydrogen-bond acceptors (Lipinski definition) is 7. The van der Waals surface area contributed by atoms with Gasteiger partial charge in [0.2, 0.25) is 11.8 Å². The van der Waals surface area contributed by atoms with Gasteiger partial charge in [-0.15, -0.1) is 13.2 Å². The fraction of sp³-hybridized carbons (Fsp3) is 0.250. The lowest BCUT2D eigenvalue weighted by Gasteiger charge is -2.15. The summed E-state index contributed by atoms with van der Waals surface area (Å²) in [5.74, 6) is 0.407. The maximum absolute atomic E-state index is 10.7. The molecule has 3 aromatic rings. The van der Waals surface area contributed by atoms with E-state index in [1.54, 1.807) is 18.5 Å². The molecule has 29 heavy (non-hydrogen) atoms. The van der Waals surface area contributed by atoms with Gasteiger partial charge >= 0.3 is 0 Å². The molecule has 0 saturated carbocycles. The summed E-state index contributed by atoms with van der Waals surface area (Å²) in [7, 11) is 0. The number of benzene rings is 1. The number of hydrogen-bond donors (Lipinski definition) is 1. The first kappa shape index (κ1) is 20.0. The molecule has 0 spiro atoms. The van der Waals surface area contributed by atoms with E-state index in [2.05, 4.69) is 28.1 Å². The van der Waals surface area contributed by atoms with Gasteiger partial charge in [0, 0.05) is 24.6 Å². The summed E-state index contributed by atoms with van der Waals surface area (Å²) in [6.45, 7) is 7.93. The monoisotopic (exact) mass is 394 g/mol. The van der Waals surface area contributed by atoms with Crippen LogP contribution in [-0.4, -0.2) is 31.0 Å². The zero-order valence-electron chi connectivity index (χ0n) is 15.9. The third-order valence-corrected chi connectivity index (χ3v) is 4.45. The van der Waals surface area contributed by atoms with Gasteiger partial charge in [-0.05, 0) is 18.4 Å². The minimum Gasteiger partial charge on any atom is -0.476 e. The maximum Gasteiger partial charge on any atom is 0.269 e. The van der Waals surface area contributed by atoms with Crippen LogP contribution in [0, 0.1) is 10.1 Å². The fourth-order valence-electron chi connectivity index (χ4n) is 3.03. The number of nitrogen functional groups attached to an aromatic ring is 1. The van der Waals surface area contributed by atoms with Crippen molar-refractivity contribution in [1.82, 2.24) is 19.5 Å². The minimum atomic E-state index is -0.428. The zero-order chi connectivity index (χ0) is 20.8. The van der Waals surface area contributed by atoms with E-state index in [9.17, 15) is 10.1 Å². The second-order valence-corrected chi connectivity index (χ2v) is 6.44. The van der Waals surface area contributed by atoms with Crippen LogP contribution in [0.4, 0.5) is 11.6 Å². The molecule has 2 N–H and O–H groups in total. The number of allylic oxidation sites excluding steroid dienone is 2. The lowest BCUT2D eigenvalue weighted by atomic mass is 10.1. The Labute approximate surface area is 167 Å². The number of nitro groups is 1. The van der Waals surface area contributed by atoms with E-state index >= 15 is 0 Å². The van der Waals surface area contributed by atoms with Crippen LogP contribution < -0.4 is 10.5 Å². The number of nitro benzene ring substituents is 1. The van der Waals surface area contributed by atoms with Crippen LogP contribution in [-0.2, 0) is 6.42 Å². The van der Waals surface area contributed by atoms with E-state index in [4.69, 9.17) is 10.5 Å². The normalized spacial score (nSPS) is 10.9. The summed E-state index contributed by atoms with van der Waals surface area (Å²) < 4.78 is 7.74. The van der Waals surface area contributed by atoms with Crippen molar-refractivity contribution in [2.75, 3.05) is 12.3 Å². The first-order valence-corrected chi connectivity index (χ1v) is 9.11. The molecule has 2 aromatic heterocycles. The number of rotatable bonds is 10. The quantitative estimate of drug-likeness (QED) is 0.316. The van der Waals surface area contributed by atoms with Gasteiger partial charge in [0.25, 0.3) is 5.69 Å². The van der Waals surface area contributed by atoms with Gasteiger partial charge < -0.3 is 15.0 Å². The van der Waals surface area contributed by atoms with Crippen molar-refractivity contribution in [2.45, 2.75) is 25.3 Å². The summed E-state index contributed by atoms with van der Waals surface area (Å²) in [5, 5.41) is 10.7. The Morgan fingerprint density at radius 2 is 1.90 bits per heavy atom. The van der Waals surface area contributed by atoms with Crippen molar-refractivity contribution in [3.63, 3.8) is 0 Å². The SMILES string of the molecule is C=CCC(CC=C)n1cnc2c(OCCc3ccc([N+](=O)[O-])cc3)nc(N)nc21. The molecule has 3 rings (SSSR count). The Morgan fingerprint density at radius 1 is 1.21 bits per heavy atom. The van der Waals surface area contributed by atoms with Crippen molar-refractivity contribution >= 4 is 22.8 Å². The molecule has 0 radical (unpaired) electrons. The van der Waals surface area contributed by atoms with Crippen LogP contribution >= 0.6 is 0 Å². The molecule has 150 valence electrons. The van der Waals surface area contributed by atoms with Crippen LogP contribution in [0.15, 0.2) is 55.9 Å². The number of non-ortho nitro benzene ring substituents is 1. The Balaban J connectivity index is 1.78. The minimum absolute atomic E-state index is 0.0547. The number of aromatic nitrogens is 4. The summed E-state index contributed by atoms with van der Waals surface area (Å²) in [4.78, 5) is 23.2. The summed E-state index contributed by atoms with van der Waals surface area (Å²) in [5.41, 5.74) is 7.97. The highest BCUT2D eigenvalue weighted by atomic mass is 16.6. The molecule has 0 atom stereocenters. The first-order valence-electron chi connectivity index (χ1n) is 9.11. The van der Waals surface area contributed by atoms with Crippen molar-refractivity contribution < 1.29 is 9.66 Å². The maximum atomic E-state index is 10.7. The molecule has 0 saturated heterocycles. The molecular formula is C20H22N6O3. The molecule has 9 nitrogen and oxygen atoms in total. The number of imidazole rings is 1. The van der Waals surface area contributed by atoms with E-state index in [1.807, 2.05) is 16.7 Å². The zero-order valence-corrected chi connectivity index (χ0v) is 15.9. The van der Waals surface area contributed by atoms with Gasteiger partial charge in [-0.1, -0.05) is 24.3 Å². The highest BCUT2D eigenvalue weighted by Gasteiger charge is 2.18. The molecule has 0 aliphatic heterocycles. The third-order valence-electron chi connectivity index (χ3n) is 4.45. The van der Waals surface area contributed by atoms with E-state index in [0.717, 1.165) is 18.4 Å². The largest absolute Gasteiger partial charge is 0.476 e. The van der Waals surface area contributed by atoms with Crippen LogP contribution in [0.1, 0.15) is 24.4 Å². The molecular weight excluding hydrogens is 372 g/mol. The molecule has 9 heteroatoms. The Kier molecular flexibility index (Phi) is 6.18. The van der Waals surface area contributed by atoms with Crippen LogP contribution in [0.3, 0.4) is 0 Å². The average molecular weight is 394 g/mol. The van der Waals surface area contributed by atoms with Crippen LogP contribution in [0.2, 0.25) is 0 Å². The average Bonchev–Trinajstić information content (AvgIpc) is 3.12. The molecule has 0 amide bonds. The lowest BCUT2D eigenvalue weighted by Crippen LogP contribution is -2.09. The summed E-state index contributed by atoms with van der Waals surface area (Å²) in [6, 6.07) is 6.43. The number of anilines is 1. The summed E-state index contributed by atoms with van der Waals surface area (Å²) >= 11 is 0. The van der Waals surface area contributed by atoms with Gasteiger partial charge in [0.15, 0.2) is 11.2 Å². The van der Waals surface area contributed by atoms with Crippen molar-refractivity contribution in [2.24, 2.45) is 0 Å². The van der Waals surface area contributed by atoms with E-state index in [-0.39, 0.29) is 17.7 Å². The molecule has 0 aliphatic rings. The number of nitrogens with zero attached hydrogens (tertiary/aromatic N) is 5. The Morgan fingerprint density at radius 3 is 2.52 bits per heavy atom. The van der Waals surface area contributed by atoms with Crippen molar-refractivity contribution in [3.05, 3.63) is 71.6 Å². The van der Waals surface area contributed by atoms with Crippen molar-refractivity contribution in [1.29, 1.82) is 0 Å². The Bertz CT molecular complexity index is 1020. The topological polar surface area (TPSA) is 122 Å². The van der Waals surface area contributed by atoms with Crippen LogP contribution in [0.5, 0.6) is 5.88 Å². The first-order chi connectivity index (χ1) is 14.0. The molecule has 0 fully saturated rings. The molecule has 2 heterocycles. The summed E-state index contributed by atoms with van der Waals surface area (Å²) in [6.07, 6.45) is 7.40. The van der Waals surface area contributed by atoms with Gasteiger partial charge in [0.05, 0.1) is 17.9 Å². The van der Waals surface area contributed by atoms with E-state index in [0.29, 0.717) is 30.1 Å². The molecule has 0 aliphatic carbocycles. The number of nitrogens with two attached hydrogens (primary N) is 1. The van der Waals surface area contributed by atoms with Crippen LogP contribution in [0.25, 0.3) is 11.2 Å². The highest BCUT2D eigenvalue weighted by molar-refractivity contribution is 5.77. The standard InChI is InChI=1S/C20H22N6O3/c1-3-5-15(6-4-2)25-13-22-17-18(25)23-20(21)24-19(17)29-12-11-14-7-9-16(10-8-14)26(27)28/h3-4,7-10,13,15H,1-2,5-6,11-12H2,(H2,21,23,24). The predicted molar refractivity (Wildman–Crippen MR) is 111 cm³/mol.